The van der Waals surface area contributed by atoms with Crippen LogP contribution in [0.15, 0.2) is 0 Å². The Morgan fingerprint density at radius 1 is 1.56 bits per heavy atom. The van der Waals surface area contributed by atoms with Crippen molar-refractivity contribution in [2.45, 2.75) is 45.2 Å². The van der Waals surface area contributed by atoms with Gasteiger partial charge in [0, 0.05) is 12.6 Å². The minimum Gasteiger partial charge on any atom is -0.392 e. The van der Waals surface area contributed by atoms with Gasteiger partial charge in [0.2, 0.25) is 0 Å². The van der Waals surface area contributed by atoms with Gasteiger partial charge in [0.05, 0.1) is 11.0 Å². The Hall–Kier alpha value is -0.190. The Kier molecular flexibility index (Phi) is 5.66. The molecule has 1 saturated heterocycles. The third-order valence-corrected chi connectivity index (χ3v) is 3.92. The minimum atomic E-state index is 0.259. The van der Waals surface area contributed by atoms with Gasteiger partial charge in [0.25, 0.3) is 0 Å². The number of rotatable bonds is 6. The van der Waals surface area contributed by atoms with E-state index in [0.29, 0.717) is 11.0 Å². The highest BCUT2D eigenvalue weighted by Gasteiger charge is 2.26. The van der Waals surface area contributed by atoms with Crippen molar-refractivity contribution in [2.24, 2.45) is 5.73 Å². The first-order valence-electron chi connectivity index (χ1n) is 6.33. The molecule has 0 aromatic carbocycles. The van der Waals surface area contributed by atoms with Crippen molar-refractivity contribution >= 4 is 17.2 Å². The largest absolute Gasteiger partial charge is 0.392 e. The van der Waals surface area contributed by atoms with Crippen molar-refractivity contribution in [1.29, 1.82) is 0 Å². The molecule has 2 atom stereocenters. The van der Waals surface area contributed by atoms with E-state index in [2.05, 4.69) is 30.7 Å². The first-order chi connectivity index (χ1) is 7.60. The van der Waals surface area contributed by atoms with Crippen LogP contribution in [-0.4, -0.2) is 53.6 Å². The molecule has 0 radical (unpaired) electrons. The summed E-state index contributed by atoms with van der Waals surface area (Å²) in [6, 6.07) is 0.952. The number of likely N-dealkylation sites (N-methyl/N-ethyl adjacent to an activating group) is 2. The number of thiocarbonyl (C=S) groups is 1. The maximum absolute atomic E-state index is 5.77. The molecule has 94 valence electrons. The van der Waals surface area contributed by atoms with Gasteiger partial charge >= 0.3 is 0 Å². The molecule has 0 aliphatic carbocycles. The minimum absolute atomic E-state index is 0.259. The highest BCUT2D eigenvalue weighted by atomic mass is 32.1. The lowest BCUT2D eigenvalue weighted by atomic mass is 10.1. The topological polar surface area (TPSA) is 32.5 Å². The molecular weight excluding hydrogens is 218 g/mol. The van der Waals surface area contributed by atoms with E-state index in [-0.39, 0.29) is 6.04 Å². The Labute approximate surface area is 105 Å². The van der Waals surface area contributed by atoms with Crippen LogP contribution in [0.25, 0.3) is 0 Å². The molecule has 16 heavy (non-hydrogen) atoms. The summed E-state index contributed by atoms with van der Waals surface area (Å²) in [4.78, 5) is 5.51. The lowest BCUT2D eigenvalue weighted by Gasteiger charge is -2.32. The fourth-order valence-corrected chi connectivity index (χ4v) is 3.05. The van der Waals surface area contributed by atoms with Gasteiger partial charge in [-0.1, -0.05) is 26.1 Å². The molecule has 0 amide bonds. The third-order valence-electron chi connectivity index (χ3n) is 3.65. The highest BCUT2D eigenvalue weighted by Crippen LogP contribution is 2.18. The van der Waals surface area contributed by atoms with E-state index in [9.17, 15) is 0 Å². The van der Waals surface area contributed by atoms with Crippen LogP contribution in [0.5, 0.6) is 0 Å². The second-order valence-corrected chi connectivity index (χ2v) is 5.16. The molecule has 2 N–H and O–H groups in total. The van der Waals surface area contributed by atoms with Gasteiger partial charge in [-0.05, 0) is 39.4 Å². The molecular formula is C12H25N3S. The van der Waals surface area contributed by atoms with Gasteiger partial charge in [-0.2, -0.15) is 0 Å². The lowest BCUT2D eigenvalue weighted by molar-refractivity contribution is 0.184. The van der Waals surface area contributed by atoms with Crippen molar-refractivity contribution in [1.82, 2.24) is 9.80 Å². The van der Waals surface area contributed by atoms with E-state index in [1.807, 2.05) is 0 Å². The molecule has 3 nitrogen and oxygen atoms in total. The molecule has 1 fully saturated rings. The third kappa shape index (κ3) is 3.40. The zero-order valence-corrected chi connectivity index (χ0v) is 11.6. The molecule has 0 bridgehead atoms. The predicted octanol–water partition coefficient (Wildman–Crippen LogP) is 1.47. The first-order valence-corrected chi connectivity index (χ1v) is 6.74. The number of hydrogen-bond acceptors (Lipinski definition) is 3. The van der Waals surface area contributed by atoms with E-state index in [0.717, 1.165) is 19.5 Å². The SMILES string of the molecule is CCC(C(N)=S)N(C)CC1CCCN1CC. The number of likely N-dealkylation sites (tertiary alicyclic amines) is 1. The summed E-state index contributed by atoms with van der Waals surface area (Å²) in [5, 5.41) is 0. The first kappa shape index (κ1) is 13.9. The molecule has 0 aromatic rings. The van der Waals surface area contributed by atoms with E-state index in [4.69, 9.17) is 18.0 Å². The maximum atomic E-state index is 5.77. The molecule has 0 spiro atoms. The monoisotopic (exact) mass is 243 g/mol. The Morgan fingerprint density at radius 3 is 2.75 bits per heavy atom. The highest BCUT2D eigenvalue weighted by molar-refractivity contribution is 7.80. The Morgan fingerprint density at radius 2 is 2.25 bits per heavy atom. The number of hydrogen-bond donors (Lipinski definition) is 1. The van der Waals surface area contributed by atoms with Gasteiger partial charge in [0.15, 0.2) is 0 Å². The molecule has 0 aromatic heterocycles. The summed E-state index contributed by atoms with van der Waals surface area (Å²) in [6.07, 6.45) is 3.65. The van der Waals surface area contributed by atoms with Crippen LogP contribution in [-0.2, 0) is 0 Å². The van der Waals surface area contributed by atoms with Crippen LogP contribution in [0.3, 0.4) is 0 Å². The quantitative estimate of drug-likeness (QED) is 0.716. The van der Waals surface area contributed by atoms with Crippen molar-refractivity contribution in [3.8, 4) is 0 Å². The standard InChI is InChI=1S/C12H25N3S/c1-4-11(12(13)16)14(3)9-10-7-6-8-15(10)5-2/h10-11H,4-9H2,1-3H3,(H2,13,16). The summed E-state index contributed by atoms with van der Waals surface area (Å²) in [6.45, 7) is 7.88. The summed E-state index contributed by atoms with van der Waals surface area (Å²) in [5.41, 5.74) is 5.77. The Balaban J connectivity index is 2.49. The molecule has 1 heterocycles. The van der Waals surface area contributed by atoms with Crippen molar-refractivity contribution < 1.29 is 0 Å². The Bertz CT molecular complexity index is 232. The second kappa shape index (κ2) is 6.52. The van der Waals surface area contributed by atoms with Crippen LogP contribution in [0.4, 0.5) is 0 Å². The van der Waals surface area contributed by atoms with E-state index in [1.54, 1.807) is 0 Å². The molecule has 0 saturated carbocycles. The normalized spacial score (nSPS) is 23.9. The summed E-state index contributed by atoms with van der Waals surface area (Å²) < 4.78 is 0. The number of nitrogens with zero attached hydrogens (tertiary/aromatic N) is 2. The van der Waals surface area contributed by atoms with E-state index >= 15 is 0 Å². The van der Waals surface area contributed by atoms with E-state index in [1.165, 1.54) is 19.4 Å². The van der Waals surface area contributed by atoms with Gasteiger partial charge in [-0.25, -0.2) is 0 Å². The summed E-state index contributed by atoms with van der Waals surface area (Å²) >= 11 is 5.11. The van der Waals surface area contributed by atoms with Crippen LogP contribution >= 0.6 is 12.2 Å². The van der Waals surface area contributed by atoms with Crippen LogP contribution in [0.2, 0.25) is 0 Å². The van der Waals surface area contributed by atoms with Gasteiger partial charge in [-0.15, -0.1) is 0 Å². The molecule has 1 aliphatic rings. The van der Waals surface area contributed by atoms with Crippen molar-refractivity contribution in [3.05, 3.63) is 0 Å². The summed E-state index contributed by atoms with van der Waals surface area (Å²) in [5.74, 6) is 0. The zero-order valence-electron chi connectivity index (χ0n) is 10.8. The van der Waals surface area contributed by atoms with Crippen LogP contribution < -0.4 is 5.73 Å². The van der Waals surface area contributed by atoms with Crippen molar-refractivity contribution in [3.63, 3.8) is 0 Å². The van der Waals surface area contributed by atoms with E-state index < -0.39 is 0 Å². The van der Waals surface area contributed by atoms with Gasteiger partial charge in [0.1, 0.15) is 0 Å². The van der Waals surface area contributed by atoms with Crippen LogP contribution in [0, 0.1) is 0 Å². The lowest BCUT2D eigenvalue weighted by Crippen LogP contribution is -2.47. The smallest absolute Gasteiger partial charge is 0.0901 e. The molecule has 2 unspecified atom stereocenters. The summed E-state index contributed by atoms with van der Waals surface area (Å²) in [7, 11) is 2.14. The fourth-order valence-electron chi connectivity index (χ4n) is 2.71. The molecule has 4 heteroatoms. The predicted molar refractivity (Wildman–Crippen MR) is 73.8 cm³/mol. The number of nitrogens with two attached hydrogens (primary N) is 1. The zero-order chi connectivity index (χ0) is 12.1. The van der Waals surface area contributed by atoms with Gasteiger partial charge in [-0.3, -0.25) is 9.80 Å². The molecule has 1 aliphatic heterocycles. The average molecular weight is 243 g/mol. The van der Waals surface area contributed by atoms with Crippen LogP contribution in [0.1, 0.15) is 33.1 Å². The molecule has 1 rings (SSSR count). The maximum Gasteiger partial charge on any atom is 0.0901 e. The van der Waals surface area contributed by atoms with Gasteiger partial charge < -0.3 is 5.73 Å². The second-order valence-electron chi connectivity index (χ2n) is 4.69. The fraction of sp³-hybridized carbons (Fsp3) is 0.917. The average Bonchev–Trinajstić information content (AvgIpc) is 2.65. The van der Waals surface area contributed by atoms with Crippen molar-refractivity contribution in [2.75, 3.05) is 26.7 Å².